The van der Waals surface area contributed by atoms with E-state index in [1.54, 1.807) is 17.9 Å². The minimum absolute atomic E-state index is 0.129. The molecule has 2 aromatic rings. The molecule has 2 amide bonds. The summed E-state index contributed by atoms with van der Waals surface area (Å²) in [6.45, 7) is 1.92. The van der Waals surface area contributed by atoms with Crippen LogP contribution in [0.4, 0.5) is 5.82 Å². The summed E-state index contributed by atoms with van der Waals surface area (Å²) in [5.41, 5.74) is 0.955. The number of carbonyl (C=O) groups excluding carboxylic acids is 2. The van der Waals surface area contributed by atoms with Gasteiger partial charge in [0.05, 0.1) is 18.8 Å². The predicted octanol–water partition coefficient (Wildman–Crippen LogP) is 0.614. The normalized spacial score (nSPS) is 12.2. The minimum atomic E-state index is -0.638. The first kappa shape index (κ1) is 18.7. The van der Waals surface area contributed by atoms with E-state index in [0.29, 0.717) is 22.6 Å². The van der Waals surface area contributed by atoms with Crippen molar-refractivity contribution in [2.75, 3.05) is 11.6 Å². The molecule has 0 saturated carbocycles. The molecule has 0 aliphatic heterocycles. The van der Waals surface area contributed by atoms with Gasteiger partial charge in [-0.15, -0.1) is 0 Å². The monoisotopic (exact) mass is 349 g/mol. The first-order valence-corrected chi connectivity index (χ1v) is 8.11. The standard InChI is InChI=1S/C15H23N7O3/c1-3-4-5-6-11(7-21(25)10-23)15(24)22(16)14-12-13(17-8-18-14)20(2)9-19-12/h8-11,25H,3-7,16H2,1-2H3/t11-/m1/s1. The fourth-order valence-electron chi connectivity index (χ4n) is 2.61. The van der Waals surface area contributed by atoms with Crippen LogP contribution in [0.15, 0.2) is 12.7 Å². The predicted molar refractivity (Wildman–Crippen MR) is 90.2 cm³/mol. The van der Waals surface area contributed by atoms with Crippen LogP contribution in [0, 0.1) is 5.92 Å². The number of fused-ring (bicyclic) bond motifs is 1. The molecule has 0 aliphatic carbocycles. The van der Waals surface area contributed by atoms with Crippen LogP contribution in [0.2, 0.25) is 0 Å². The van der Waals surface area contributed by atoms with Gasteiger partial charge in [0.15, 0.2) is 17.0 Å². The number of hydrogen-bond donors (Lipinski definition) is 2. The quantitative estimate of drug-likeness (QED) is 0.169. The average molecular weight is 349 g/mol. The summed E-state index contributed by atoms with van der Waals surface area (Å²) in [7, 11) is 1.77. The topological polar surface area (TPSA) is 130 Å². The number of anilines is 1. The highest BCUT2D eigenvalue weighted by molar-refractivity contribution is 5.99. The maximum absolute atomic E-state index is 12.8. The van der Waals surface area contributed by atoms with E-state index in [2.05, 4.69) is 21.9 Å². The van der Waals surface area contributed by atoms with Crippen molar-refractivity contribution in [2.24, 2.45) is 18.8 Å². The molecule has 0 aromatic carbocycles. The number of carbonyl (C=O) groups is 2. The largest absolute Gasteiger partial charge is 0.318 e. The summed E-state index contributed by atoms with van der Waals surface area (Å²) >= 11 is 0. The lowest BCUT2D eigenvalue weighted by atomic mass is 10.00. The van der Waals surface area contributed by atoms with Gasteiger partial charge in [-0.2, -0.15) is 0 Å². The van der Waals surface area contributed by atoms with E-state index in [1.807, 2.05) is 0 Å². The molecule has 1 atom stereocenters. The zero-order chi connectivity index (χ0) is 18.4. The van der Waals surface area contributed by atoms with E-state index < -0.39 is 11.8 Å². The number of rotatable bonds is 9. The fraction of sp³-hybridized carbons (Fsp3) is 0.533. The van der Waals surface area contributed by atoms with Gasteiger partial charge in [-0.05, 0) is 6.42 Å². The van der Waals surface area contributed by atoms with Crippen molar-refractivity contribution in [2.45, 2.75) is 32.6 Å². The van der Waals surface area contributed by atoms with Crippen molar-refractivity contribution >= 4 is 29.3 Å². The average Bonchev–Trinajstić information content (AvgIpc) is 3.01. The molecule has 0 bridgehead atoms. The zero-order valence-corrected chi connectivity index (χ0v) is 14.4. The Kier molecular flexibility index (Phi) is 6.37. The van der Waals surface area contributed by atoms with Gasteiger partial charge in [0, 0.05) is 7.05 Å². The van der Waals surface area contributed by atoms with Gasteiger partial charge >= 0.3 is 0 Å². The van der Waals surface area contributed by atoms with E-state index >= 15 is 0 Å². The summed E-state index contributed by atoms with van der Waals surface area (Å²) < 4.78 is 1.69. The van der Waals surface area contributed by atoms with E-state index in [-0.39, 0.29) is 18.8 Å². The van der Waals surface area contributed by atoms with Crippen LogP contribution in [0.5, 0.6) is 0 Å². The second kappa shape index (κ2) is 8.49. The summed E-state index contributed by atoms with van der Waals surface area (Å²) in [6.07, 6.45) is 6.35. The molecular formula is C15H23N7O3. The highest BCUT2D eigenvalue weighted by Crippen LogP contribution is 2.22. The van der Waals surface area contributed by atoms with Gasteiger partial charge in [-0.1, -0.05) is 26.2 Å². The lowest BCUT2D eigenvalue weighted by Gasteiger charge is -2.24. The highest BCUT2D eigenvalue weighted by atomic mass is 16.5. The summed E-state index contributed by atoms with van der Waals surface area (Å²) in [5, 5.41) is 10.9. The summed E-state index contributed by atoms with van der Waals surface area (Å²) in [4.78, 5) is 35.8. The van der Waals surface area contributed by atoms with Crippen LogP contribution in [0.1, 0.15) is 32.6 Å². The third kappa shape index (κ3) is 4.28. The molecule has 2 rings (SSSR count). The number of imidazole rings is 1. The minimum Gasteiger partial charge on any atom is -0.318 e. The van der Waals surface area contributed by atoms with Crippen molar-refractivity contribution in [3.63, 3.8) is 0 Å². The van der Waals surface area contributed by atoms with Crippen molar-refractivity contribution in [3.8, 4) is 0 Å². The number of hydrogen-bond acceptors (Lipinski definition) is 7. The third-order valence-electron chi connectivity index (χ3n) is 3.98. The van der Waals surface area contributed by atoms with Crippen molar-refractivity contribution < 1.29 is 14.8 Å². The first-order valence-electron chi connectivity index (χ1n) is 8.11. The molecule has 0 saturated heterocycles. The van der Waals surface area contributed by atoms with Gasteiger partial charge in [0.2, 0.25) is 12.3 Å². The smallest absolute Gasteiger partial charge is 0.247 e. The molecule has 0 fully saturated rings. The first-order chi connectivity index (χ1) is 12.0. The Hall–Kier alpha value is -2.59. The summed E-state index contributed by atoms with van der Waals surface area (Å²) in [5.74, 6) is 5.10. The number of unbranched alkanes of at least 4 members (excludes halogenated alkanes) is 2. The maximum atomic E-state index is 12.8. The Morgan fingerprint density at radius 1 is 1.40 bits per heavy atom. The molecule has 10 heteroatoms. The molecule has 136 valence electrons. The Bertz CT molecular complexity index is 733. The molecule has 2 heterocycles. The molecule has 3 N–H and O–H groups in total. The van der Waals surface area contributed by atoms with Crippen molar-refractivity contribution in [3.05, 3.63) is 12.7 Å². The van der Waals surface area contributed by atoms with Crippen molar-refractivity contribution in [1.82, 2.24) is 24.6 Å². The van der Waals surface area contributed by atoms with E-state index in [4.69, 9.17) is 5.84 Å². The highest BCUT2D eigenvalue weighted by Gasteiger charge is 2.27. The molecule has 0 radical (unpaired) electrons. The Morgan fingerprint density at radius 3 is 2.84 bits per heavy atom. The van der Waals surface area contributed by atoms with Crippen LogP contribution in [0.3, 0.4) is 0 Å². The maximum Gasteiger partial charge on any atom is 0.247 e. The summed E-state index contributed by atoms with van der Waals surface area (Å²) in [6, 6.07) is 0. The van der Waals surface area contributed by atoms with Gasteiger partial charge in [0.25, 0.3) is 0 Å². The van der Waals surface area contributed by atoms with E-state index in [1.165, 1.54) is 6.33 Å². The number of aryl methyl sites for hydroxylation is 1. The van der Waals surface area contributed by atoms with Crippen molar-refractivity contribution in [1.29, 1.82) is 0 Å². The van der Waals surface area contributed by atoms with E-state index in [0.717, 1.165) is 24.3 Å². The molecule has 2 aromatic heterocycles. The van der Waals surface area contributed by atoms with Gasteiger partial charge in [-0.25, -0.2) is 30.9 Å². The van der Waals surface area contributed by atoms with Crippen LogP contribution in [-0.4, -0.2) is 48.7 Å². The van der Waals surface area contributed by atoms with Crippen LogP contribution >= 0.6 is 0 Å². The number of nitrogens with two attached hydrogens (primary N) is 1. The van der Waals surface area contributed by atoms with E-state index in [9.17, 15) is 14.8 Å². The second-order valence-electron chi connectivity index (χ2n) is 5.85. The second-order valence-corrected chi connectivity index (χ2v) is 5.85. The SMILES string of the molecule is CCCCC[C@H](CN(O)C=O)C(=O)N(N)c1ncnc2c1ncn2C. The molecule has 0 aliphatic rings. The fourth-order valence-corrected chi connectivity index (χ4v) is 2.61. The number of nitrogens with zero attached hydrogens (tertiary/aromatic N) is 6. The Balaban J connectivity index is 2.24. The lowest BCUT2D eigenvalue weighted by Crippen LogP contribution is -2.45. The number of aromatic nitrogens is 4. The molecule has 0 spiro atoms. The molecule has 10 nitrogen and oxygen atoms in total. The Labute approximate surface area is 145 Å². The Morgan fingerprint density at radius 2 is 2.16 bits per heavy atom. The van der Waals surface area contributed by atoms with Crippen LogP contribution in [0.25, 0.3) is 11.2 Å². The number of hydroxylamine groups is 2. The van der Waals surface area contributed by atoms with Gasteiger partial charge in [0.1, 0.15) is 6.33 Å². The zero-order valence-electron chi connectivity index (χ0n) is 14.4. The number of amides is 2. The molecule has 25 heavy (non-hydrogen) atoms. The molecule has 0 unspecified atom stereocenters. The van der Waals surface area contributed by atoms with Gasteiger partial charge in [-0.3, -0.25) is 14.8 Å². The van der Waals surface area contributed by atoms with Crippen LogP contribution in [-0.2, 0) is 16.6 Å². The van der Waals surface area contributed by atoms with Crippen LogP contribution < -0.4 is 10.9 Å². The molecular weight excluding hydrogens is 326 g/mol. The lowest BCUT2D eigenvalue weighted by molar-refractivity contribution is -0.154. The van der Waals surface area contributed by atoms with Gasteiger partial charge < -0.3 is 4.57 Å². The third-order valence-corrected chi connectivity index (χ3v) is 3.98. The number of hydrazine groups is 1.